The summed E-state index contributed by atoms with van der Waals surface area (Å²) in [5.74, 6) is -1.77. The van der Waals surface area contributed by atoms with Crippen LogP contribution in [0, 0.1) is 13.8 Å². The van der Waals surface area contributed by atoms with Crippen molar-refractivity contribution < 1.29 is 91.3 Å². The zero-order valence-corrected chi connectivity index (χ0v) is 53.9. The molecule has 5 N–H and O–H groups in total. The van der Waals surface area contributed by atoms with Gasteiger partial charge in [0.2, 0.25) is 0 Å². The molecule has 0 saturated heterocycles. The van der Waals surface area contributed by atoms with E-state index in [4.69, 9.17) is 14.9 Å². The number of aromatic carboxylic acids is 1. The van der Waals surface area contributed by atoms with Gasteiger partial charge in [0.1, 0.15) is 11.0 Å². The summed E-state index contributed by atoms with van der Waals surface area (Å²) < 4.78 is 68.3. The Bertz CT molecular complexity index is 4680. The largest absolute Gasteiger partial charge is 1.00 e. The first-order valence-corrected chi connectivity index (χ1v) is 29.4. The molecule has 10 aromatic rings. The maximum atomic E-state index is 13.2. The van der Waals surface area contributed by atoms with Crippen LogP contribution in [0.4, 0.5) is 0 Å². The molecule has 0 amide bonds. The van der Waals surface area contributed by atoms with Crippen molar-refractivity contribution in [1.29, 1.82) is 0 Å². The van der Waals surface area contributed by atoms with Gasteiger partial charge >= 0.3 is 54.9 Å². The van der Waals surface area contributed by atoms with Gasteiger partial charge in [-0.2, -0.15) is 0 Å². The number of aromatic nitrogens is 5. The maximum absolute atomic E-state index is 13.2. The summed E-state index contributed by atoms with van der Waals surface area (Å²) in [6.45, 7) is 3.75. The van der Waals surface area contributed by atoms with Crippen molar-refractivity contribution in [3.05, 3.63) is 245 Å². The summed E-state index contributed by atoms with van der Waals surface area (Å²) in [4.78, 5) is 71.1. The fourth-order valence-electron chi connectivity index (χ4n) is 9.13. The van der Waals surface area contributed by atoms with Crippen LogP contribution in [0.25, 0.3) is 50.1 Å². The van der Waals surface area contributed by atoms with Crippen molar-refractivity contribution in [2.24, 2.45) is 21.1 Å². The third kappa shape index (κ3) is 14.7. The second-order valence-corrected chi connectivity index (χ2v) is 23.9. The molecule has 0 aliphatic heterocycles. The number of carboxylic acids is 1. The van der Waals surface area contributed by atoms with E-state index in [2.05, 4.69) is 20.7 Å². The number of benzene rings is 5. The number of fused-ring (bicyclic) bond motifs is 3. The molecule has 1 radical (unpaired) electrons. The van der Waals surface area contributed by atoms with Crippen LogP contribution in [0.2, 0.25) is 0 Å². The predicted molar refractivity (Wildman–Crippen MR) is 334 cm³/mol. The van der Waals surface area contributed by atoms with Gasteiger partial charge in [0, 0.05) is 84.1 Å². The molecular formula is C62H57BBrN5NaO16S2. The van der Waals surface area contributed by atoms with Gasteiger partial charge < -0.3 is 44.3 Å². The Hall–Kier alpha value is -8.50. The monoisotopic (exact) mass is 1300 g/mol. The van der Waals surface area contributed by atoms with Crippen LogP contribution in [-0.4, -0.2) is 99.2 Å². The molecule has 11 rings (SSSR count). The number of carbonyl (C=O) groups is 3. The minimum absolute atomic E-state index is 0. The number of allylic oxidation sites excluding steroid dienone is 1. The van der Waals surface area contributed by atoms with E-state index in [1.165, 1.54) is 47.9 Å². The molecule has 26 heteroatoms. The van der Waals surface area contributed by atoms with Crippen molar-refractivity contribution in [3.63, 3.8) is 0 Å². The van der Waals surface area contributed by atoms with E-state index in [-0.39, 0.29) is 84.0 Å². The minimum Gasteiger partial charge on any atom is -0.870 e. The molecule has 0 spiro atoms. The molecule has 88 heavy (non-hydrogen) atoms. The van der Waals surface area contributed by atoms with Gasteiger partial charge in [0.25, 0.3) is 36.7 Å². The van der Waals surface area contributed by atoms with Gasteiger partial charge in [-0.15, -0.1) is 0 Å². The van der Waals surface area contributed by atoms with Crippen molar-refractivity contribution in [3.8, 4) is 22.3 Å². The van der Waals surface area contributed by atoms with Gasteiger partial charge in [0.05, 0.1) is 40.7 Å². The molecule has 5 aromatic carbocycles. The Balaban J connectivity index is 0.000000221. The zero-order chi connectivity index (χ0) is 61.7. The Morgan fingerprint density at radius 3 is 1.41 bits per heavy atom. The van der Waals surface area contributed by atoms with Crippen LogP contribution >= 0.6 is 15.9 Å². The molecule has 0 fully saturated rings. The van der Waals surface area contributed by atoms with Gasteiger partial charge in [-0.1, -0.05) is 89.4 Å². The fourth-order valence-corrected chi connectivity index (χ4v) is 12.5. The third-order valence-corrected chi connectivity index (χ3v) is 17.8. The average molecular weight is 1310 g/mol. The number of esters is 2. The van der Waals surface area contributed by atoms with E-state index in [1.807, 2.05) is 26.0 Å². The van der Waals surface area contributed by atoms with Crippen molar-refractivity contribution in [2.45, 2.75) is 30.1 Å². The Morgan fingerprint density at radius 1 is 0.557 bits per heavy atom. The number of methoxy groups -OCH3 is 2. The van der Waals surface area contributed by atoms with Crippen LogP contribution in [0.5, 0.6) is 0 Å². The Labute approximate surface area is 536 Å². The number of rotatable bonds is 10. The third-order valence-electron chi connectivity index (χ3n) is 13.7. The Kier molecular flexibility index (Phi) is 23.5. The normalized spacial score (nSPS) is 11.1. The minimum atomic E-state index is -3.96. The molecule has 0 atom stereocenters. The number of carbonyl (C=O) groups excluding carboxylic acids is 2. The molecule has 449 valence electrons. The van der Waals surface area contributed by atoms with Crippen LogP contribution < -0.4 is 51.7 Å². The van der Waals surface area contributed by atoms with Gasteiger partial charge in [-0.3, -0.25) is 14.4 Å². The quantitative estimate of drug-likeness (QED) is 0.144. The summed E-state index contributed by atoms with van der Waals surface area (Å²) in [5.41, 5.74) is 8.13. The number of carboxylic acid groups (broad SMARTS) is 1. The number of ether oxygens (including phenoxy) is 2. The van der Waals surface area contributed by atoms with Gasteiger partial charge in [-0.05, 0) is 126 Å². The van der Waals surface area contributed by atoms with Crippen molar-refractivity contribution in [1.82, 2.24) is 21.6 Å². The van der Waals surface area contributed by atoms with Crippen molar-refractivity contribution >= 4 is 94.7 Å². The van der Waals surface area contributed by atoms with E-state index in [9.17, 15) is 45.6 Å². The second kappa shape index (κ2) is 29.5. The SMILES string of the molecule is COC(=O)c1ccc(-c2cn(C)c(=O)c3c2ccn3S(=O)(=O)c2ccc(C)cc2)cc1.COC(=O)c1ccc([B]O)cc1.Cc1ccc(S(=O)(=O)n2ccc3c(Br)cn(C)c(=O)c32)cc1.Cn1cc(-c2ccc(C(=O)O)cc2)c2c(c1=O)CC=C2.O.[Na+].[OH-]. The number of pyridine rings is 3. The summed E-state index contributed by atoms with van der Waals surface area (Å²) in [5, 5.41) is 18.6. The van der Waals surface area contributed by atoms with E-state index in [0.717, 1.165) is 54.4 Å². The first kappa shape index (κ1) is 70.3. The number of aryl methyl sites for hydroxylation is 5. The van der Waals surface area contributed by atoms with E-state index >= 15 is 0 Å². The number of halogens is 1. The molecule has 1 aliphatic rings. The summed E-state index contributed by atoms with van der Waals surface area (Å²) in [6.07, 6.45) is 12.5. The van der Waals surface area contributed by atoms with Crippen LogP contribution in [-0.2, 0) is 57.1 Å². The summed E-state index contributed by atoms with van der Waals surface area (Å²) in [6, 6.07) is 36.1. The number of hydrogen-bond donors (Lipinski definition) is 2. The molecule has 5 aromatic heterocycles. The van der Waals surface area contributed by atoms with Gasteiger partial charge in [-0.25, -0.2) is 39.2 Å². The average Bonchev–Trinajstić information content (AvgIpc) is 1.69. The summed E-state index contributed by atoms with van der Waals surface area (Å²) >= 11 is 3.36. The van der Waals surface area contributed by atoms with E-state index < -0.39 is 37.5 Å². The molecule has 1 aliphatic carbocycles. The van der Waals surface area contributed by atoms with E-state index in [1.54, 1.807) is 166 Å². The number of hydrogen-bond acceptors (Lipinski definition) is 14. The maximum Gasteiger partial charge on any atom is 1.00 e. The van der Waals surface area contributed by atoms with E-state index in [0.29, 0.717) is 43.8 Å². The smallest absolute Gasteiger partial charge is 0.870 e. The standard InChI is InChI=1S/C23H20N2O5S.C16H13NO3.C15H13BrN2O3S.C8H8BO3.Na.2H2O/c1-15-4-10-18(11-5-15)31(28,29)25-13-12-19-20(14-24(2)22(26)21(19)25)16-6-8-17(9-7-16)23(27)30-3;1-17-9-14(12-3-2-4-13(12)15(17)18)10-5-7-11(8-6-10)16(19)20;1-10-3-5-11(6-4-10)22(20,21)18-8-7-12-13(16)9-17(2)15(19)14(12)18;1-12-8(10)6-2-4-7(9-11)5-3-6;;;/h4-14H,1-3H3;2-3,5-9H,4H2,1H3,(H,19,20);3-9H,1-2H3;2-5,11H,1H3;;2*1H2/q;;;;+1;;/p-1. The zero-order valence-electron chi connectivity index (χ0n) is 48.7. The molecule has 21 nitrogen and oxygen atoms in total. The molecular weight excluding hydrogens is 1250 g/mol. The van der Waals surface area contributed by atoms with Crippen LogP contribution in [0.3, 0.4) is 0 Å². The van der Waals surface area contributed by atoms with Gasteiger partial charge in [0.15, 0.2) is 0 Å². The second-order valence-electron chi connectivity index (χ2n) is 19.4. The summed E-state index contributed by atoms with van der Waals surface area (Å²) in [7, 11) is 0.733. The fraction of sp³-hybridized carbons (Fsp3) is 0.129. The first-order valence-electron chi connectivity index (χ1n) is 25.7. The van der Waals surface area contributed by atoms with Crippen LogP contribution in [0.15, 0.2) is 199 Å². The molecule has 5 heterocycles. The predicted octanol–water partition coefficient (Wildman–Crippen LogP) is 4.02. The Morgan fingerprint density at radius 2 is 0.955 bits per heavy atom. The molecule has 0 bridgehead atoms. The van der Waals surface area contributed by atoms with Crippen molar-refractivity contribution in [2.75, 3.05) is 14.2 Å². The topological polar surface area (TPSA) is 316 Å². The first-order chi connectivity index (χ1) is 40.4. The molecule has 0 saturated carbocycles. The van der Waals surface area contributed by atoms with Crippen LogP contribution in [0.1, 0.15) is 53.3 Å². The molecule has 0 unspecified atom stereocenters. The number of nitrogens with zero attached hydrogens (tertiary/aromatic N) is 5.